The molecular weight excluding hydrogens is 106 g/mol. The van der Waals surface area contributed by atoms with E-state index in [1.807, 2.05) is 13.8 Å². The van der Waals surface area contributed by atoms with Gasteiger partial charge in [-0.05, 0) is 5.92 Å². The van der Waals surface area contributed by atoms with Crippen LogP contribution in [-0.2, 0) is 4.79 Å². The lowest BCUT2D eigenvalue weighted by Crippen LogP contribution is -2.21. The molecule has 3 heteroatoms. The Morgan fingerprint density at radius 1 is 1.75 bits per heavy atom. The van der Waals surface area contributed by atoms with Crippen molar-refractivity contribution in [2.45, 2.75) is 13.8 Å². The normalized spacial score (nSPS) is 9.50. The maximum absolute atomic E-state index is 9.59. The zero-order valence-electron chi connectivity index (χ0n) is 5.09. The fraction of sp³-hybridized carbons (Fsp3) is 0.800. The van der Waals surface area contributed by atoms with Crippen molar-refractivity contribution in [1.82, 2.24) is 5.06 Å². The standard InChI is InChI=1S/C5H10NO2/c1-5(2)3-6(8)4-7/h5,8H,3H2,1-2H3. The van der Waals surface area contributed by atoms with Gasteiger partial charge in [0.1, 0.15) is 0 Å². The first-order chi connectivity index (χ1) is 3.66. The van der Waals surface area contributed by atoms with Gasteiger partial charge < -0.3 is 0 Å². The lowest BCUT2D eigenvalue weighted by molar-refractivity contribution is -0.0259. The Morgan fingerprint density at radius 3 is 2.38 bits per heavy atom. The molecule has 0 aliphatic rings. The van der Waals surface area contributed by atoms with Gasteiger partial charge in [-0.1, -0.05) is 13.8 Å². The van der Waals surface area contributed by atoms with Crippen LogP contribution in [-0.4, -0.2) is 23.2 Å². The second kappa shape index (κ2) is 3.43. The highest BCUT2D eigenvalue weighted by Gasteiger charge is 1.98. The summed E-state index contributed by atoms with van der Waals surface area (Å²) in [7, 11) is 0. The van der Waals surface area contributed by atoms with Crippen molar-refractivity contribution in [2.75, 3.05) is 6.54 Å². The molecule has 0 spiro atoms. The summed E-state index contributed by atoms with van der Waals surface area (Å²) in [6.07, 6.45) is 1.34. The molecule has 0 fully saturated rings. The van der Waals surface area contributed by atoms with Gasteiger partial charge in [0.05, 0.1) is 6.54 Å². The van der Waals surface area contributed by atoms with Crippen molar-refractivity contribution in [3.05, 3.63) is 0 Å². The van der Waals surface area contributed by atoms with Crippen molar-refractivity contribution in [3.63, 3.8) is 0 Å². The molecule has 0 rings (SSSR count). The minimum absolute atomic E-state index is 0.293. The van der Waals surface area contributed by atoms with Crippen molar-refractivity contribution in [2.24, 2.45) is 5.92 Å². The third-order valence-electron chi connectivity index (χ3n) is 0.643. The van der Waals surface area contributed by atoms with E-state index in [1.54, 1.807) is 0 Å². The topological polar surface area (TPSA) is 40.5 Å². The zero-order chi connectivity index (χ0) is 6.57. The molecule has 47 valence electrons. The first kappa shape index (κ1) is 7.43. The van der Waals surface area contributed by atoms with Gasteiger partial charge in [0.2, 0.25) is 0 Å². The molecule has 0 atom stereocenters. The lowest BCUT2D eigenvalue weighted by atomic mass is 10.2. The Bertz CT molecular complexity index is 72.8. The number of hydroxylamine groups is 2. The van der Waals surface area contributed by atoms with Crippen LogP contribution in [0.1, 0.15) is 13.8 Å². The fourth-order valence-electron chi connectivity index (χ4n) is 0.383. The van der Waals surface area contributed by atoms with Crippen LogP contribution in [0.15, 0.2) is 0 Å². The molecule has 8 heavy (non-hydrogen) atoms. The number of hydrogen-bond donors (Lipinski definition) is 1. The molecule has 0 aliphatic heterocycles. The summed E-state index contributed by atoms with van der Waals surface area (Å²) in [5, 5.41) is 8.96. The molecule has 0 aromatic rings. The molecule has 1 radical (unpaired) electrons. The SMILES string of the molecule is CC(C)CN(O)[C]=O. The maximum Gasteiger partial charge on any atom is 0.337 e. The van der Waals surface area contributed by atoms with E-state index in [-0.39, 0.29) is 0 Å². The molecule has 0 aliphatic carbocycles. The van der Waals surface area contributed by atoms with Crippen LogP contribution in [0.4, 0.5) is 0 Å². The van der Waals surface area contributed by atoms with E-state index in [2.05, 4.69) is 0 Å². The van der Waals surface area contributed by atoms with Gasteiger partial charge in [0.25, 0.3) is 0 Å². The summed E-state index contributed by atoms with van der Waals surface area (Å²) in [5.74, 6) is 0.293. The largest absolute Gasteiger partial charge is 0.337 e. The number of amides is 1. The Kier molecular flexibility index (Phi) is 3.19. The minimum atomic E-state index is 0.293. The van der Waals surface area contributed by atoms with Crippen LogP contribution >= 0.6 is 0 Å². The Hall–Kier alpha value is -0.570. The first-order valence-electron chi connectivity index (χ1n) is 2.51. The summed E-state index contributed by atoms with van der Waals surface area (Å²) in [4.78, 5) is 9.59. The predicted octanol–water partition coefficient (Wildman–Crippen LogP) is 0.401. The molecule has 0 heterocycles. The Morgan fingerprint density at radius 2 is 2.25 bits per heavy atom. The minimum Gasteiger partial charge on any atom is -0.285 e. The molecule has 0 unspecified atom stereocenters. The predicted molar refractivity (Wildman–Crippen MR) is 29.0 cm³/mol. The van der Waals surface area contributed by atoms with Crippen LogP contribution in [0.3, 0.4) is 0 Å². The highest BCUT2D eigenvalue weighted by Crippen LogP contribution is 1.91. The second-order valence-corrected chi connectivity index (χ2v) is 2.07. The fourth-order valence-corrected chi connectivity index (χ4v) is 0.383. The van der Waals surface area contributed by atoms with E-state index in [0.717, 1.165) is 0 Å². The van der Waals surface area contributed by atoms with Crippen LogP contribution in [0.2, 0.25) is 0 Å². The monoisotopic (exact) mass is 116 g/mol. The Balaban J connectivity index is 3.23. The average Bonchev–Trinajstić information content (AvgIpc) is 1.65. The van der Waals surface area contributed by atoms with Gasteiger partial charge in [0.15, 0.2) is 0 Å². The quantitative estimate of drug-likeness (QED) is 0.329. The van der Waals surface area contributed by atoms with E-state index >= 15 is 0 Å². The molecule has 1 N–H and O–H groups in total. The number of rotatable bonds is 3. The van der Waals surface area contributed by atoms with Crippen molar-refractivity contribution in [3.8, 4) is 0 Å². The van der Waals surface area contributed by atoms with Gasteiger partial charge in [-0.25, -0.2) is 5.06 Å². The average molecular weight is 116 g/mol. The van der Waals surface area contributed by atoms with E-state index in [0.29, 0.717) is 17.5 Å². The first-order valence-corrected chi connectivity index (χ1v) is 2.51. The van der Waals surface area contributed by atoms with Crippen LogP contribution in [0, 0.1) is 5.92 Å². The zero-order valence-corrected chi connectivity index (χ0v) is 5.09. The van der Waals surface area contributed by atoms with Crippen LogP contribution < -0.4 is 0 Å². The molecule has 0 bridgehead atoms. The molecule has 0 saturated carbocycles. The van der Waals surface area contributed by atoms with Crippen molar-refractivity contribution in [1.29, 1.82) is 0 Å². The number of nitrogens with zero attached hydrogens (tertiary/aromatic N) is 1. The van der Waals surface area contributed by atoms with E-state index in [4.69, 9.17) is 5.21 Å². The molecule has 0 aromatic carbocycles. The highest BCUT2D eigenvalue weighted by molar-refractivity contribution is 5.45. The third-order valence-corrected chi connectivity index (χ3v) is 0.643. The van der Waals surface area contributed by atoms with Crippen LogP contribution in [0.5, 0.6) is 0 Å². The summed E-state index contributed by atoms with van der Waals surface area (Å²) < 4.78 is 0. The van der Waals surface area contributed by atoms with Gasteiger partial charge in [-0.2, -0.15) is 0 Å². The number of carbonyl (C=O) groups excluding carboxylic acids is 1. The van der Waals surface area contributed by atoms with Gasteiger partial charge in [-0.15, -0.1) is 0 Å². The van der Waals surface area contributed by atoms with Gasteiger partial charge in [-0.3, -0.25) is 10.0 Å². The van der Waals surface area contributed by atoms with Gasteiger partial charge >= 0.3 is 6.41 Å². The number of hydrogen-bond acceptors (Lipinski definition) is 2. The molecular formula is C5H10NO2. The Labute approximate surface area is 48.9 Å². The van der Waals surface area contributed by atoms with Gasteiger partial charge in [0, 0.05) is 0 Å². The lowest BCUT2D eigenvalue weighted by Gasteiger charge is -2.08. The van der Waals surface area contributed by atoms with Crippen LogP contribution in [0.25, 0.3) is 0 Å². The third kappa shape index (κ3) is 3.61. The molecule has 0 aromatic heterocycles. The summed E-state index contributed by atoms with van der Waals surface area (Å²) in [6, 6.07) is 0. The molecule has 3 nitrogen and oxygen atoms in total. The molecule has 0 saturated heterocycles. The summed E-state index contributed by atoms with van der Waals surface area (Å²) in [6.45, 7) is 4.16. The highest BCUT2D eigenvalue weighted by atomic mass is 16.5. The van der Waals surface area contributed by atoms with E-state index in [9.17, 15) is 4.79 Å². The van der Waals surface area contributed by atoms with Crippen molar-refractivity contribution >= 4 is 6.41 Å². The maximum atomic E-state index is 9.59. The summed E-state index contributed by atoms with van der Waals surface area (Å²) in [5.41, 5.74) is 0. The smallest absolute Gasteiger partial charge is 0.285 e. The second-order valence-electron chi connectivity index (χ2n) is 2.07. The van der Waals surface area contributed by atoms with E-state index in [1.165, 1.54) is 6.41 Å². The molecule has 1 amide bonds. The summed E-state index contributed by atoms with van der Waals surface area (Å²) >= 11 is 0. The van der Waals surface area contributed by atoms with Crippen molar-refractivity contribution < 1.29 is 10.0 Å². The van der Waals surface area contributed by atoms with E-state index < -0.39 is 0 Å².